The third-order valence-electron chi connectivity index (χ3n) is 5.57. The lowest BCUT2D eigenvalue weighted by atomic mass is 10.0. The van der Waals surface area contributed by atoms with Gasteiger partial charge < -0.3 is 15.7 Å². The summed E-state index contributed by atoms with van der Waals surface area (Å²) in [6.45, 7) is 0.347. The lowest BCUT2D eigenvalue weighted by Gasteiger charge is -2.31. The molecule has 0 bridgehead atoms. The number of primary amides is 1. The van der Waals surface area contributed by atoms with Gasteiger partial charge in [0.05, 0.1) is 23.1 Å². The molecule has 2 amide bonds. The van der Waals surface area contributed by atoms with E-state index in [0.717, 1.165) is 0 Å². The van der Waals surface area contributed by atoms with Crippen LogP contribution in [0.2, 0.25) is 0 Å². The van der Waals surface area contributed by atoms with Gasteiger partial charge in [0.25, 0.3) is 11.8 Å². The number of amides is 2. The first-order chi connectivity index (χ1) is 12.3. The smallest absolute Gasteiger partial charge is 0.272 e. The molecular formula is C16H22N4O5S. The Labute approximate surface area is 151 Å². The third-order valence-corrected chi connectivity index (χ3v) is 8.66. The highest BCUT2D eigenvalue weighted by molar-refractivity contribution is 7.94. The maximum absolute atomic E-state index is 13.0. The summed E-state index contributed by atoms with van der Waals surface area (Å²) >= 11 is 0. The third kappa shape index (κ3) is 2.54. The van der Waals surface area contributed by atoms with Gasteiger partial charge in [-0.15, -0.1) is 0 Å². The van der Waals surface area contributed by atoms with Gasteiger partial charge in [0, 0.05) is 18.7 Å². The van der Waals surface area contributed by atoms with Crippen LogP contribution in [-0.2, 0) is 22.8 Å². The van der Waals surface area contributed by atoms with Gasteiger partial charge in [-0.05, 0) is 32.1 Å². The quantitative estimate of drug-likeness (QED) is 0.626. The predicted molar refractivity (Wildman–Crippen MR) is 91.3 cm³/mol. The van der Waals surface area contributed by atoms with Gasteiger partial charge in [-0.3, -0.25) is 14.3 Å². The first-order valence-electron chi connectivity index (χ1n) is 8.84. The second kappa shape index (κ2) is 5.78. The molecule has 0 unspecified atom stereocenters. The minimum Gasteiger partial charge on any atom is -0.394 e. The van der Waals surface area contributed by atoms with Crippen LogP contribution in [0.5, 0.6) is 0 Å². The van der Waals surface area contributed by atoms with E-state index in [1.165, 1.54) is 4.68 Å². The average molecular weight is 382 g/mol. The van der Waals surface area contributed by atoms with Gasteiger partial charge in [-0.2, -0.15) is 5.10 Å². The molecular weight excluding hydrogens is 360 g/mol. The van der Waals surface area contributed by atoms with Crippen LogP contribution < -0.4 is 5.73 Å². The highest BCUT2D eigenvalue weighted by Gasteiger charge is 2.60. The Bertz CT molecular complexity index is 883. The highest BCUT2D eigenvalue weighted by atomic mass is 32.2. The van der Waals surface area contributed by atoms with Crippen LogP contribution in [0, 0.1) is 0 Å². The Morgan fingerprint density at radius 1 is 1.35 bits per heavy atom. The number of carbonyl (C=O) groups is 2. The van der Waals surface area contributed by atoms with Crippen molar-refractivity contribution in [2.75, 3.05) is 19.7 Å². The summed E-state index contributed by atoms with van der Waals surface area (Å²) in [5.41, 5.74) is 6.13. The van der Waals surface area contributed by atoms with Crippen molar-refractivity contribution in [2.24, 2.45) is 5.73 Å². The Balaban J connectivity index is 1.63. The van der Waals surface area contributed by atoms with Crippen LogP contribution in [0.15, 0.2) is 0 Å². The summed E-state index contributed by atoms with van der Waals surface area (Å²) in [4.78, 5) is 26.2. The monoisotopic (exact) mass is 382 g/mol. The van der Waals surface area contributed by atoms with Crippen LogP contribution in [0.4, 0.5) is 0 Å². The first kappa shape index (κ1) is 17.5. The van der Waals surface area contributed by atoms with Crippen molar-refractivity contribution < 1.29 is 23.1 Å². The van der Waals surface area contributed by atoms with E-state index in [9.17, 15) is 23.1 Å². The molecule has 142 valence electrons. The van der Waals surface area contributed by atoms with Crippen molar-refractivity contribution in [3.8, 4) is 0 Å². The SMILES string of the molecule is NC(=O)c1nn(CCO)c2c1CCN(CC1(S(=O)(=O)C3CC3)CC1)C2=O. The molecule has 2 heterocycles. The van der Waals surface area contributed by atoms with E-state index in [0.29, 0.717) is 44.2 Å². The summed E-state index contributed by atoms with van der Waals surface area (Å²) in [6.07, 6.45) is 3.00. The summed E-state index contributed by atoms with van der Waals surface area (Å²) in [5, 5.41) is 13.0. The number of fused-ring (bicyclic) bond motifs is 1. The fraction of sp³-hybridized carbons (Fsp3) is 0.688. The average Bonchev–Trinajstić information content (AvgIpc) is 3.48. The molecule has 1 aliphatic heterocycles. The molecule has 2 saturated carbocycles. The zero-order valence-electron chi connectivity index (χ0n) is 14.3. The van der Waals surface area contributed by atoms with Crippen molar-refractivity contribution in [2.45, 2.75) is 48.6 Å². The molecule has 3 aliphatic rings. The second-order valence-corrected chi connectivity index (χ2v) is 10.0. The van der Waals surface area contributed by atoms with E-state index in [2.05, 4.69) is 5.10 Å². The number of nitrogens with zero attached hydrogens (tertiary/aromatic N) is 3. The second-order valence-electron chi connectivity index (χ2n) is 7.39. The van der Waals surface area contributed by atoms with E-state index in [-0.39, 0.29) is 42.2 Å². The molecule has 0 atom stereocenters. The molecule has 0 spiro atoms. The van der Waals surface area contributed by atoms with Crippen molar-refractivity contribution in [3.05, 3.63) is 17.0 Å². The van der Waals surface area contributed by atoms with Gasteiger partial charge >= 0.3 is 0 Å². The summed E-state index contributed by atoms with van der Waals surface area (Å²) in [6, 6.07) is 0. The zero-order valence-corrected chi connectivity index (χ0v) is 15.2. The topological polar surface area (TPSA) is 136 Å². The Morgan fingerprint density at radius 3 is 2.58 bits per heavy atom. The maximum atomic E-state index is 13.0. The lowest BCUT2D eigenvalue weighted by Crippen LogP contribution is -2.47. The molecule has 2 aliphatic carbocycles. The van der Waals surface area contributed by atoms with E-state index < -0.39 is 20.5 Å². The molecule has 1 aromatic rings. The van der Waals surface area contributed by atoms with Gasteiger partial charge in [-0.25, -0.2) is 8.42 Å². The van der Waals surface area contributed by atoms with Crippen molar-refractivity contribution >= 4 is 21.7 Å². The fourth-order valence-corrected chi connectivity index (χ4v) is 6.30. The van der Waals surface area contributed by atoms with E-state index in [4.69, 9.17) is 5.73 Å². The van der Waals surface area contributed by atoms with E-state index >= 15 is 0 Å². The van der Waals surface area contributed by atoms with Gasteiger partial charge in [0.15, 0.2) is 15.5 Å². The number of aromatic nitrogens is 2. The molecule has 9 nitrogen and oxygen atoms in total. The number of aliphatic hydroxyl groups excluding tert-OH is 1. The van der Waals surface area contributed by atoms with E-state index in [1.807, 2.05) is 0 Å². The molecule has 0 aromatic carbocycles. The van der Waals surface area contributed by atoms with Crippen LogP contribution in [-0.4, -0.2) is 69.7 Å². The number of rotatable bonds is 7. The Hall–Kier alpha value is -1.94. The minimum absolute atomic E-state index is 0.0492. The molecule has 10 heteroatoms. The minimum atomic E-state index is -3.21. The standard InChI is InChI=1S/C16H22N4O5S/c17-14(22)12-11-3-6-19(15(23)13(11)20(18-12)7-8-21)9-16(4-5-16)26(24,25)10-1-2-10/h10,21H,1-9H2,(H2,17,22). The van der Waals surface area contributed by atoms with E-state index in [1.54, 1.807) is 4.90 Å². The number of carbonyl (C=O) groups excluding carboxylic acids is 2. The molecule has 1 aromatic heterocycles. The van der Waals surface area contributed by atoms with Crippen LogP contribution in [0.1, 0.15) is 52.2 Å². The number of sulfone groups is 1. The Kier molecular flexibility index (Phi) is 3.88. The number of hydrogen-bond donors (Lipinski definition) is 2. The number of hydrogen-bond acceptors (Lipinski definition) is 6. The highest BCUT2D eigenvalue weighted by Crippen LogP contribution is 2.50. The summed E-state index contributed by atoms with van der Waals surface area (Å²) < 4.78 is 25.9. The molecule has 4 rings (SSSR count). The largest absolute Gasteiger partial charge is 0.394 e. The molecule has 3 N–H and O–H groups in total. The first-order valence-corrected chi connectivity index (χ1v) is 10.4. The van der Waals surface area contributed by atoms with Crippen molar-refractivity contribution in [1.82, 2.24) is 14.7 Å². The zero-order chi connectivity index (χ0) is 18.7. The number of nitrogens with two attached hydrogens (primary N) is 1. The maximum Gasteiger partial charge on any atom is 0.272 e. The van der Waals surface area contributed by atoms with Crippen LogP contribution >= 0.6 is 0 Å². The number of aliphatic hydroxyl groups is 1. The molecule has 26 heavy (non-hydrogen) atoms. The molecule has 0 radical (unpaired) electrons. The predicted octanol–water partition coefficient (Wildman–Crippen LogP) is -0.918. The van der Waals surface area contributed by atoms with Crippen molar-refractivity contribution in [1.29, 1.82) is 0 Å². The molecule has 0 saturated heterocycles. The van der Waals surface area contributed by atoms with Gasteiger partial charge in [-0.1, -0.05) is 0 Å². The Morgan fingerprint density at radius 2 is 2.04 bits per heavy atom. The van der Waals surface area contributed by atoms with Gasteiger partial charge in [0.1, 0.15) is 5.69 Å². The van der Waals surface area contributed by atoms with Gasteiger partial charge in [0.2, 0.25) is 0 Å². The molecule has 2 fully saturated rings. The van der Waals surface area contributed by atoms with Crippen LogP contribution in [0.3, 0.4) is 0 Å². The summed E-state index contributed by atoms with van der Waals surface area (Å²) in [5.74, 6) is -1.06. The summed E-state index contributed by atoms with van der Waals surface area (Å²) in [7, 11) is -3.21. The van der Waals surface area contributed by atoms with Crippen molar-refractivity contribution in [3.63, 3.8) is 0 Å². The lowest BCUT2D eigenvalue weighted by molar-refractivity contribution is 0.0721. The fourth-order valence-electron chi connectivity index (χ4n) is 3.83. The normalized spacial score (nSPS) is 21.6. The van der Waals surface area contributed by atoms with Crippen LogP contribution in [0.25, 0.3) is 0 Å².